The second-order valence-electron chi connectivity index (χ2n) is 7.00. The Bertz CT molecular complexity index is 677. The number of aryl methyl sites for hydroxylation is 1. The van der Waals surface area contributed by atoms with E-state index in [1.54, 1.807) is 12.1 Å². The summed E-state index contributed by atoms with van der Waals surface area (Å²) in [5.74, 6) is -0.701. The van der Waals surface area contributed by atoms with Crippen LogP contribution in [0.25, 0.3) is 0 Å². The summed E-state index contributed by atoms with van der Waals surface area (Å²) in [7, 11) is 0. The highest BCUT2D eigenvalue weighted by Gasteiger charge is 2.30. The van der Waals surface area contributed by atoms with Crippen molar-refractivity contribution < 1.29 is 14.4 Å². The van der Waals surface area contributed by atoms with Gasteiger partial charge < -0.3 is 9.80 Å². The highest BCUT2D eigenvalue weighted by molar-refractivity contribution is 5.96. The molecule has 2 saturated heterocycles. The van der Waals surface area contributed by atoms with Gasteiger partial charge in [0.1, 0.15) is 0 Å². The fourth-order valence-electron chi connectivity index (χ4n) is 3.56. The molecule has 26 heavy (non-hydrogen) atoms. The minimum atomic E-state index is -0.321. The molecule has 0 radical (unpaired) electrons. The van der Waals surface area contributed by atoms with Crippen LogP contribution in [-0.2, 0) is 4.79 Å². The number of hydrogen-bond donors (Lipinski definition) is 2. The van der Waals surface area contributed by atoms with Gasteiger partial charge in [0, 0.05) is 37.7 Å². The largest absolute Gasteiger partial charge is 0.325 e. The number of piperidine rings is 1. The molecule has 0 aromatic heterocycles. The van der Waals surface area contributed by atoms with Crippen LogP contribution in [0.5, 0.6) is 0 Å². The van der Waals surface area contributed by atoms with E-state index in [2.05, 4.69) is 10.9 Å². The van der Waals surface area contributed by atoms with Gasteiger partial charge in [-0.2, -0.15) is 0 Å². The lowest BCUT2D eigenvalue weighted by molar-refractivity contribution is -0.127. The van der Waals surface area contributed by atoms with Crippen LogP contribution in [0.2, 0.25) is 0 Å². The first-order valence-electron chi connectivity index (χ1n) is 9.26. The molecule has 2 N–H and O–H groups in total. The Balaban J connectivity index is 1.44. The SMILES string of the molecule is Cc1ccccc1C(=O)NNC(=O)C1CCN(C(=O)N2CCCC2)CC1. The number of carbonyl (C=O) groups is 3. The zero-order valence-corrected chi connectivity index (χ0v) is 15.2. The number of hydrazine groups is 1. The van der Waals surface area contributed by atoms with E-state index in [1.165, 1.54) is 0 Å². The Morgan fingerprint density at radius 2 is 1.54 bits per heavy atom. The number of urea groups is 1. The summed E-state index contributed by atoms with van der Waals surface area (Å²) >= 11 is 0. The van der Waals surface area contributed by atoms with E-state index in [-0.39, 0.29) is 23.8 Å². The Kier molecular flexibility index (Phi) is 5.75. The van der Waals surface area contributed by atoms with Crippen molar-refractivity contribution in [2.75, 3.05) is 26.2 Å². The highest BCUT2D eigenvalue weighted by atomic mass is 16.2. The van der Waals surface area contributed by atoms with Crippen molar-refractivity contribution in [3.8, 4) is 0 Å². The minimum Gasteiger partial charge on any atom is -0.325 e. The third-order valence-electron chi connectivity index (χ3n) is 5.20. The molecule has 0 saturated carbocycles. The number of likely N-dealkylation sites (tertiary alicyclic amines) is 2. The Hall–Kier alpha value is -2.57. The maximum absolute atomic E-state index is 12.4. The van der Waals surface area contributed by atoms with Crippen molar-refractivity contribution in [2.45, 2.75) is 32.6 Å². The van der Waals surface area contributed by atoms with E-state index >= 15 is 0 Å². The van der Waals surface area contributed by atoms with E-state index in [0.717, 1.165) is 31.5 Å². The van der Waals surface area contributed by atoms with Crippen molar-refractivity contribution >= 4 is 17.8 Å². The summed E-state index contributed by atoms with van der Waals surface area (Å²) in [5.41, 5.74) is 6.41. The van der Waals surface area contributed by atoms with Gasteiger partial charge in [0.15, 0.2) is 0 Å². The summed E-state index contributed by atoms with van der Waals surface area (Å²) in [6.07, 6.45) is 3.38. The van der Waals surface area contributed by atoms with Gasteiger partial charge in [-0.25, -0.2) is 4.79 Å². The Morgan fingerprint density at radius 3 is 2.19 bits per heavy atom. The first-order chi connectivity index (χ1) is 12.6. The van der Waals surface area contributed by atoms with Crippen molar-refractivity contribution in [3.63, 3.8) is 0 Å². The van der Waals surface area contributed by atoms with Gasteiger partial charge >= 0.3 is 6.03 Å². The standard InChI is InChI=1S/C19H26N4O3/c1-14-6-2-3-7-16(14)18(25)21-20-17(24)15-8-12-23(13-9-15)19(26)22-10-4-5-11-22/h2-3,6-7,15H,4-5,8-13H2,1H3,(H,20,24)(H,21,25). The van der Waals surface area contributed by atoms with Crippen molar-refractivity contribution in [3.05, 3.63) is 35.4 Å². The molecule has 1 aromatic rings. The molecule has 2 aliphatic rings. The lowest BCUT2D eigenvalue weighted by atomic mass is 9.96. The lowest BCUT2D eigenvalue weighted by Gasteiger charge is -2.34. The number of amides is 4. The summed E-state index contributed by atoms with van der Waals surface area (Å²) in [6.45, 7) is 4.69. The number of carbonyl (C=O) groups excluding carboxylic acids is 3. The predicted octanol–water partition coefficient (Wildman–Crippen LogP) is 1.68. The van der Waals surface area contributed by atoms with Crippen molar-refractivity contribution in [2.24, 2.45) is 5.92 Å². The van der Waals surface area contributed by atoms with E-state index in [9.17, 15) is 14.4 Å². The molecule has 0 atom stereocenters. The molecule has 2 heterocycles. The quantitative estimate of drug-likeness (QED) is 0.789. The minimum absolute atomic E-state index is 0.0919. The molecule has 3 rings (SSSR count). The van der Waals surface area contributed by atoms with Gasteiger partial charge in [0.05, 0.1) is 0 Å². The number of nitrogens with zero attached hydrogens (tertiary/aromatic N) is 2. The highest BCUT2D eigenvalue weighted by Crippen LogP contribution is 2.20. The van der Waals surface area contributed by atoms with Crippen LogP contribution in [0.1, 0.15) is 41.6 Å². The summed E-state index contributed by atoms with van der Waals surface area (Å²) in [4.78, 5) is 40.6. The smallest absolute Gasteiger partial charge is 0.319 e. The van der Waals surface area contributed by atoms with Crippen LogP contribution in [0.3, 0.4) is 0 Å². The Morgan fingerprint density at radius 1 is 0.923 bits per heavy atom. The third-order valence-corrected chi connectivity index (χ3v) is 5.20. The topological polar surface area (TPSA) is 81.8 Å². The summed E-state index contributed by atoms with van der Waals surface area (Å²) in [5, 5.41) is 0. The molecule has 7 heteroatoms. The van der Waals surface area contributed by atoms with E-state index in [4.69, 9.17) is 0 Å². The second-order valence-corrected chi connectivity index (χ2v) is 7.00. The fourth-order valence-corrected chi connectivity index (χ4v) is 3.56. The molecular weight excluding hydrogens is 332 g/mol. The molecule has 140 valence electrons. The molecule has 1 aromatic carbocycles. The van der Waals surface area contributed by atoms with Crippen LogP contribution in [-0.4, -0.2) is 53.8 Å². The normalized spacial score (nSPS) is 17.9. The second kappa shape index (κ2) is 8.21. The van der Waals surface area contributed by atoms with Crippen LogP contribution in [0.15, 0.2) is 24.3 Å². The molecular formula is C19H26N4O3. The lowest BCUT2D eigenvalue weighted by Crippen LogP contribution is -2.50. The number of rotatable bonds is 2. The Labute approximate surface area is 153 Å². The van der Waals surface area contributed by atoms with Gasteiger partial charge in [0.2, 0.25) is 5.91 Å². The number of hydrogen-bond acceptors (Lipinski definition) is 3. The molecule has 2 fully saturated rings. The molecule has 0 unspecified atom stereocenters. The molecule has 4 amide bonds. The maximum Gasteiger partial charge on any atom is 0.319 e. The number of nitrogens with one attached hydrogen (secondary N) is 2. The first kappa shape index (κ1) is 18.2. The molecule has 0 aliphatic carbocycles. The van der Waals surface area contributed by atoms with Gasteiger partial charge in [-0.3, -0.25) is 20.4 Å². The summed E-state index contributed by atoms with van der Waals surface area (Å²) in [6, 6.07) is 7.32. The van der Waals surface area contributed by atoms with Crippen molar-refractivity contribution in [1.29, 1.82) is 0 Å². The average molecular weight is 358 g/mol. The first-order valence-corrected chi connectivity index (χ1v) is 9.26. The van der Waals surface area contributed by atoms with Crippen molar-refractivity contribution in [1.82, 2.24) is 20.7 Å². The predicted molar refractivity (Wildman–Crippen MR) is 97.3 cm³/mol. The number of benzene rings is 1. The maximum atomic E-state index is 12.4. The van der Waals surface area contributed by atoms with E-state index in [0.29, 0.717) is 31.5 Å². The van der Waals surface area contributed by atoms with Crippen LogP contribution in [0, 0.1) is 12.8 Å². The van der Waals surface area contributed by atoms with Gasteiger partial charge in [0.25, 0.3) is 5.91 Å². The monoisotopic (exact) mass is 358 g/mol. The third kappa shape index (κ3) is 4.15. The van der Waals surface area contributed by atoms with Crippen LogP contribution >= 0.6 is 0 Å². The van der Waals surface area contributed by atoms with Crippen LogP contribution in [0.4, 0.5) is 4.79 Å². The van der Waals surface area contributed by atoms with Gasteiger partial charge in [-0.1, -0.05) is 18.2 Å². The molecule has 2 aliphatic heterocycles. The molecule has 0 bridgehead atoms. The summed E-state index contributed by atoms with van der Waals surface area (Å²) < 4.78 is 0. The van der Waals surface area contributed by atoms with Gasteiger partial charge in [-0.05, 0) is 44.2 Å². The van der Waals surface area contributed by atoms with Crippen LogP contribution < -0.4 is 10.9 Å². The average Bonchev–Trinajstić information content (AvgIpc) is 3.20. The zero-order valence-electron chi connectivity index (χ0n) is 15.2. The van der Waals surface area contributed by atoms with E-state index < -0.39 is 0 Å². The molecule has 0 spiro atoms. The fraction of sp³-hybridized carbons (Fsp3) is 0.526. The van der Waals surface area contributed by atoms with Gasteiger partial charge in [-0.15, -0.1) is 0 Å². The zero-order chi connectivity index (χ0) is 18.5. The molecule has 7 nitrogen and oxygen atoms in total. The van der Waals surface area contributed by atoms with E-state index in [1.807, 2.05) is 28.9 Å².